The first-order chi connectivity index (χ1) is 11.5. The van der Waals surface area contributed by atoms with Gasteiger partial charge in [-0.15, -0.1) is 12.4 Å². The predicted octanol–water partition coefficient (Wildman–Crippen LogP) is 1.34. The zero-order valence-corrected chi connectivity index (χ0v) is 15.7. The van der Waals surface area contributed by atoms with Crippen LogP contribution in [0.15, 0.2) is 0 Å². The number of imide groups is 1. The maximum atomic E-state index is 12.9. The van der Waals surface area contributed by atoms with Crippen molar-refractivity contribution in [2.24, 2.45) is 5.73 Å². The van der Waals surface area contributed by atoms with Gasteiger partial charge in [0.1, 0.15) is 12.1 Å². The van der Waals surface area contributed by atoms with E-state index in [2.05, 4.69) is 0 Å². The molecule has 0 aromatic rings. The van der Waals surface area contributed by atoms with Crippen LogP contribution in [0.3, 0.4) is 0 Å². The maximum absolute atomic E-state index is 12.9. The van der Waals surface area contributed by atoms with Crippen LogP contribution in [0.1, 0.15) is 51.4 Å². The number of likely N-dealkylation sites (tertiary alicyclic amines) is 1. The van der Waals surface area contributed by atoms with E-state index in [1.165, 1.54) is 0 Å². The molecule has 2 saturated heterocycles. The minimum absolute atomic E-state index is 0. The molecule has 4 amide bonds. The lowest BCUT2D eigenvalue weighted by Gasteiger charge is -2.36. The van der Waals surface area contributed by atoms with Crippen molar-refractivity contribution < 1.29 is 14.4 Å². The van der Waals surface area contributed by atoms with E-state index < -0.39 is 5.54 Å². The van der Waals surface area contributed by atoms with Crippen LogP contribution in [-0.4, -0.2) is 70.8 Å². The van der Waals surface area contributed by atoms with E-state index in [0.717, 1.165) is 43.4 Å². The number of nitrogens with two attached hydrogens (primary N) is 1. The molecule has 3 rings (SSSR count). The van der Waals surface area contributed by atoms with Gasteiger partial charge in [0.2, 0.25) is 5.91 Å². The summed E-state index contributed by atoms with van der Waals surface area (Å²) in [7, 11) is 1.69. The van der Waals surface area contributed by atoms with Gasteiger partial charge in [-0.1, -0.05) is 19.3 Å². The summed E-state index contributed by atoms with van der Waals surface area (Å²) in [6, 6.07) is -0.308. The third-order valence-corrected chi connectivity index (χ3v) is 6.00. The lowest BCUT2D eigenvalue weighted by Crippen LogP contribution is -2.52. The second-order valence-electron chi connectivity index (χ2n) is 7.30. The third kappa shape index (κ3) is 3.36. The standard InChI is InChI=1S/C17H28N4O3.ClH/c1-19-16(24)21(15(23)17(19)8-4-2-5-9-17)12-14(22)20-10-6-3-7-13(20)11-18;/h13H,2-12,18H2,1H3;1H. The van der Waals surface area contributed by atoms with Gasteiger partial charge in [-0.3, -0.25) is 14.5 Å². The van der Waals surface area contributed by atoms with Crippen LogP contribution < -0.4 is 5.73 Å². The van der Waals surface area contributed by atoms with E-state index in [4.69, 9.17) is 5.73 Å². The van der Waals surface area contributed by atoms with E-state index >= 15 is 0 Å². The maximum Gasteiger partial charge on any atom is 0.327 e. The van der Waals surface area contributed by atoms with Gasteiger partial charge in [-0.2, -0.15) is 0 Å². The Hall–Kier alpha value is -1.34. The first-order valence-electron chi connectivity index (χ1n) is 9.10. The molecule has 3 aliphatic rings. The highest BCUT2D eigenvalue weighted by atomic mass is 35.5. The number of carbonyl (C=O) groups is 3. The van der Waals surface area contributed by atoms with E-state index in [1.807, 2.05) is 0 Å². The Morgan fingerprint density at radius 1 is 1.16 bits per heavy atom. The molecule has 1 aliphatic carbocycles. The van der Waals surface area contributed by atoms with Crippen molar-refractivity contribution in [3.63, 3.8) is 0 Å². The van der Waals surface area contributed by atoms with Gasteiger partial charge >= 0.3 is 6.03 Å². The summed E-state index contributed by atoms with van der Waals surface area (Å²) < 4.78 is 0. The molecule has 0 aromatic heterocycles. The second-order valence-corrected chi connectivity index (χ2v) is 7.30. The zero-order valence-electron chi connectivity index (χ0n) is 14.9. The number of piperidine rings is 1. The molecule has 0 radical (unpaired) electrons. The summed E-state index contributed by atoms with van der Waals surface area (Å²) in [5.74, 6) is -0.350. The third-order valence-electron chi connectivity index (χ3n) is 6.00. The van der Waals surface area contributed by atoms with Crippen LogP contribution >= 0.6 is 12.4 Å². The van der Waals surface area contributed by atoms with Crippen LogP contribution in [-0.2, 0) is 9.59 Å². The summed E-state index contributed by atoms with van der Waals surface area (Å²) in [5, 5.41) is 0. The summed E-state index contributed by atoms with van der Waals surface area (Å²) in [6.45, 7) is 0.940. The van der Waals surface area contributed by atoms with Crippen molar-refractivity contribution in [1.29, 1.82) is 0 Å². The van der Waals surface area contributed by atoms with Gasteiger partial charge in [0.25, 0.3) is 5.91 Å². The number of carbonyl (C=O) groups excluding carboxylic acids is 3. The molecule has 1 spiro atoms. The highest BCUT2D eigenvalue weighted by molar-refractivity contribution is 6.09. The molecule has 1 atom stereocenters. The van der Waals surface area contributed by atoms with Gasteiger partial charge in [0, 0.05) is 26.2 Å². The smallest absolute Gasteiger partial charge is 0.327 e. The highest BCUT2D eigenvalue weighted by Crippen LogP contribution is 2.39. The van der Waals surface area contributed by atoms with Crippen molar-refractivity contribution in [2.75, 3.05) is 26.7 Å². The number of likely N-dealkylation sites (N-methyl/N-ethyl adjacent to an activating group) is 1. The molecule has 0 bridgehead atoms. The summed E-state index contributed by atoms with van der Waals surface area (Å²) in [6.07, 6.45) is 7.32. The lowest BCUT2D eigenvalue weighted by molar-refractivity contribution is -0.142. The molecular formula is C17H29ClN4O3. The van der Waals surface area contributed by atoms with Gasteiger partial charge < -0.3 is 15.5 Å². The van der Waals surface area contributed by atoms with E-state index in [9.17, 15) is 14.4 Å². The SMILES string of the molecule is CN1C(=O)N(CC(=O)N2CCCCC2CN)C(=O)C12CCCCC2.Cl. The second kappa shape index (κ2) is 7.91. The molecule has 8 heteroatoms. The largest absolute Gasteiger partial charge is 0.337 e. The molecule has 0 aromatic carbocycles. The fourth-order valence-corrected chi connectivity index (χ4v) is 4.47. The van der Waals surface area contributed by atoms with Gasteiger partial charge in [-0.25, -0.2) is 4.79 Å². The molecule has 3 fully saturated rings. The fraction of sp³-hybridized carbons (Fsp3) is 0.824. The molecule has 142 valence electrons. The summed E-state index contributed by atoms with van der Waals surface area (Å²) >= 11 is 0. The summed E-state index contributed by atoms with van der Waals surface area (Å²) in [4.78, 5) is 42.7. The monoisotopic (exact) mass is 372 g/mol. The quantitative estimate of drug-likeness (QED) is 0.757. The number of rotatable bonds is 3. The van der Waals surface area contributed by atoms with Gasteiger partial charge in [0.05, 0.1) is 0 Å². The normalized spacial score (nSPS) is 26.2. The van der Waals surface area contributed by atoms with Crippen molar-refractivity contribution in [2.45, 2.75) is 62.9 Å². The molecule has 1 unspecified atom stereocenters. The van der Waals surface area contributed by atoms with Crippen LogP contribution in [0.4, 0.5) is 4.79 Å². The lowest BCUT2D eigenvalue weighted by atomic mass is 9.81. The Labute approximate surface area is 155 Å². The van der Waals surface area contributed by atoms with Gasteiger partial charge in [-0.05, 0) is 32.1 Å². The minimum atomic E-state index is -0.717. The molecule has 7 nitrogen and oxygen atoms in total. The van der Waals surface area contributed by atoms with Gasteiger partial charge in [0.15, 0.2) is 0 Å². The molecule has 25 heavy (non-hydrogen) atoms. The molecule has 2 N–H and O–H groups in total. The Balaban J connectivity index is 0.00000225. The average Bonchev–Trinajstić information content (AvgIpc) is 2.78. The zero-order chi connectivity index (χ0) is 17.3. The Kier molecular flexibility index (Phi) is 6.32. The van der Waals surface area contributed by atoms with Crippen molar-refractivity contribution in [3.05, 3.63) is 0 Å². The van der Waals surface area contributed by atoms with E-state index in [-0.39, 0.29) is 42.8 Å². The van der Waals surface area contributed by atoms with Crippen LogP contribution in [0.2, 0.25) is 0 Å². The van der Waals surface area contributed by atoms with E-state index in [1.54, 1.807) is 16.8 Å². The molecule has 2 heterocycles. The van der Waals surface area contributed by atoms with Crippen molar-refractivity contribution in [1.82, 2.24) is 14.7 Å². The number of amides is 4. The fourth-order valence-electron chi connectivity index (χ4n) is 4.47. The Bertz CT molecular complexity index is 536. The van der Waals surface area contributed by atoms with Crippen LogP contribution in [0.5, 0.6) is 0 Å². The topological polar surface area (TPSA) is 87.0 Å². The molecule has 1 saturated carbocycles. The Morgan fingerprint density at radius 2 is 1.84 bits per heavy atom. The van der Waals surface area contributed by atoms with Crippen molar-refractivity contribution >= 4 is 30.3 Å². The summed E-state index contributed by atoms with van der Waals surface area (Å²) in [5.41, 5.74) is 5.06. The molecule has 2 aliphatic heterocycles. The number of hydrogen-bond acceptors (Lipinski definition) is 4. The van der Waals surface area contributed by atoms with Crippen molar-refractivity contribution in [3.8, 4) is 0 Å². The number of hydrogen-bond donors (Lipinski definition) is 1. The first kappa shape index (κ1) is 20.0. The number of urea groups is 1. The predicted molar refractivity (Wildman–Crippen MR) is 96.3 cm³/mol. The van der Waals surface area contributed by atoms with E-state index in [0.29, 0.717) is 25.9 Å². The van der Waals surface area contributed by atoms with Crippen LogP contribution in [0, 0.1) is 0 Å². The minimum Gasteiger partial charge on any atom is -0.337 e. The molecular weight excluding hydrogens is 344 g/mol. The van der Waals surface area contributed by atoms with Crippen LogP contribution in [0.25, 0.3) is 0 Å². The average molecular weight is 373 g/mol. The number of halogens is 1. The first-order valence-corrected chi connectivity index (χ1v) is 9.10. The number of nitrogens with zero attached hydrogens (tertiary/aromatic N) is 3. The Morgan fingerprint density at radius 3 is 2.48 bits per heavy atom. The highest BCUT2D eigenvalue weighted by Gasteiger charge is 2.56.